The van der Waals surface area contributed by atoms with Crippen LogP contribution in [0.4, 0.5) is 0 Å². The van der Waals surface area contributed by atoms with Crippen LogP contribution in [0, 0.1) is 0 Å². The third-order valence-corrected chi connectivity index (χ3v) is 7.45. The molecule has 2 aromatic heterocycles. The predicted molar refractivity (Wildman–Crippen MR) is 193 cm³/mol. The third kappa shape index (κ3) is 11.6. The van der Waals surface area contributed by atoms with Gasteiger partial charge in [0.25, 0.3) is 0 Å². The van der Waals surface area contributed by atoms with Crippen molar-refractivity contribution in [1.29, 1.82) is 0 Å². The molecule has 14 heteroatoms. The van der Waals surface area contributed by atoms with Crippen molar-refractivity contribution in [3.63, 3.8) is 0 Å². The van der Waals surface area contributed by atoms with E-state index in [-0.39, 0.29) is 42.9 Å². The Bertz CT molecular complexity index is 2100. The molecule has 1 aliphatic rings. The zero-order chi connectivity index (χ0) is 39.2. The summed E-state index contributed by atoms with van der Waals surface area (Å²) in [4.78, 5) is 56.4. The predicted octanol–water partition coefficient (Wildman–Crippen LogP) is 6.36. The number of carbonyl (C=O) groups excluding carboxylic acids is 5. The number of furan rings is 2. The minimum atomic E-state index is -0.439. The number of carbonyl (C=O) groups is 5. The topological polar surface area (TPSA) is 187 Å². The Kier molecular flexibility index (Phi) is 14.6. The average Bonchev–Trinajstić information content (AvgIpc) is 3.87. The van der Waals surface area contributed by atoms with Crippen LogP contribution in [0.2, 0.25) is 0 Å². The highest BCUT2D eigenvalue weighted by molar-refractivity contribution is 5.88. The van der Waals surface area contributed by atoms with Crippen molar-refractivity contribution >= 4 is 51.8 Å². The summed E-state index contributed by atoms with van der Waals surface area (Å²) in [6.45, 7) is 9.53. The molecule has 0 spiro atoms. The molecule has 3 aromatic carbocycles. The van der Waals surface area contributed by atoms with Gasteiger partial charge in [-0.15, -0.1) is 0 Å². The molecule has 286 valence electrons. The van der Waals surface area contributed by atoms with Crippen molar-refractivity contribution in [2.45, 2.75) is 60.3 Å². The smallest absolute Gasteiger partial charge is 0.310 e. The van der Waals surface area contributed by atoms with Crippen molar-refractivity contribution in [2.24, 2.45) is 0 Å². The third-order valence-electron chi connectivity index (χ3n) is 7.45. The van der Waals surface area contributed by atoms with Gasteiger partial charge in [-0.1, -0.05) is 6.07 Å². The van der Waals surface area contributed by atoms with Crippen molar-refractivity contribution in [2.75, 3.05) is 26.4 Å². The van der Waals surface area contributed by atoms with Gasteiger partial charge in [-0.05, 0) is 79.9 Å². The number of aromatic hydroxyl groups is 1. The first-order chi connectivity index (χ1) is 25.9. The summed E-state index contributed by atoms with van der Waals surface area (Å²) < 4.78 is 40.6. The molecular formula is C40H42O14. The van der Waals surface area contributed by atoms with Gasteiger partial charge >= 0.3 is 29.8 Å². The highest BCUT2D eigenvalue weighted by Crippen LogP contribution is 2.37. The largest absolute Gasteiger partial charge is 0.504 e. The van der Waals surface area contributed by atoms with Crippen molar-refractivity contribution in [3.05, 3.63) is 83.3 Å². The van der Waals surface area contributed by atoms with Crippen LogP contribution in [-0.4, -0.2) is 61.4 Å². The Balaban J connectivity index is 0.000000181. The van der Waals surface area contributed by atoms with E-state index in [2.05, 4.69) is 0 Å². The quantitative estimate of drug-likeness (QED) is 0.0893. The van der Waals surface area contributed by atoms with E-state index in [0.29, 0.717) is 66.0 Å². The van der Waals surface area contributed by atoms with Crippen LogP contribution >= 0.6 is 0 Å². The molecule has 5 aromatic rings. The first-order valence-electron chi connectivity index (χ1n) is 17.2. The van der Waals surface area contributed by atoms with Gasteiger partial charge in [0.1, 0.15) is 0 Å². The zero-order valence-corrected chi connectivity index (χ0v) is 30.7. The Morgan fingerprint density at radius 1 is 0.630 bits per heavy atom. The fourth-order valence-electron chi connectivity index (χ4n) is 5.47. The molecule has 6 rings (SSSR count). The Morgan fingerprint density at radius 3 is 1.63 bits per heavy atom. The molecule has 3 heterocycles. The number of hydrogen-bond acceptors (Lipinski definition) is 14. The summed E-state index contributed by atoms with van der Waals surface area (Å²) in [6.07, 6.45) is 4.20. The Labute approximate surface area is 310 Å². The normalized spacial score (nSPS) is 11.2. The van der Waals surface area contributed by atoms with Gasteiger partial charge in [0, 0.05) is 36.6 Å². The summed E-state index contributed by atoms with van der Waals surface area (Å²) in [5.74, 6) is -0.434. The van der Waals surface area contributed by atoms with Crippen molar-refractivity contribution in [1.82, 2.24) is 0 Å². The van der Waals surface area contributed by atoms with Crippen LogP contribution in [-0.2, 0) is 63.9 Å². The highest BCUT2D eigenvalue weighted by atomic mass is 16.6. The molecule has 1 N–H and O–H groups in total. The molecule has 1 aliphatic heterocycles. The lowest BCUT2D eigenvalue weighted by Gasteiger charge is -2.10. The standard InChI is InChI=1S/C14H16O5.C14H14O5.C12H12O4/c2*1-3-17-13(16)8-10-6-11-4-5-18-14(11)12(7-10)19-9(2)15;1-2-15-11(14)7-8-5-9-3-4-16-12(9)10(13)6-8/h6-7H,3-5,8H2,1-2H3;4-7H,3,8H2,1-2H3;3-6,13H,2,7H2,1H3. The molecular weight excluding hydrogens is 704 g/mol. The minimum Gasteiger partial charge on any atom is -0.504 e. The lowest BCUT2D eigenvalue weighted by atomic mass is 10.1. The second-order valence-corrected chi connectivity index (χ2v) is 11.7. The van der Waals surface area contributed by atoms with E-state index in [0.717, 1.165) is 28.3 Å². The highest BCUT2D eigenvalue weighted by Gasteiger charge is 2.21. The van der Waals surface area contributed by atoms with Crippen LogP contribution in [0.3, 0.4) is 0 Å². The number of phenolic OH excluding ortho intramolecular Hbond substituents is 1. The lowest BCUT2D eigenvalue weighted by Crippen LogP contribution is -2.09. The van der Waals surface area contributed by atoms with Crippen LogP contribution in [0.25, 0.3) is 21.9 Å². The maximum absolute atomic E-state index is 11.5. The number of hydrogen-bond donors (Lipinski definition) is 1. The molecule has 0 saturated carbocycles. The van der Waals surface area contributed by atoms with E-state index >= 15 is 0 Å². The molecule has 54 heavy (non-hydrogen) atoms. The summed E-state index contributed by atoms with van der Waals surface area (Å²) in [6, 6.07) is 13.8. The van der Waals surface area contributed by atoms with E-state index in [9.17, 15) is 29.1 Å². The van der Waals surface area contributed by atoms with Crippen LogP contribution < -0.4 is 14.2 Å². The van der Waals surface area contributed by atoms with Gasteiger partial charge in [0.15, 0.2) is 34.2 Å². The molecule has 0 amide bonds. The van der Waals surface area contributed by atoms with E-state index in [1.165, 1.54) is 32.4 Å². The molecule has 0 unspecified atom stereocenters. The summed E-state index contributed by atoms with van der Waals surface area (Å²) >= 11 is 0. The molecule has 0 bridgehead atoms. The van der Waals surface area contributed by atoms with Crippen molar-refractivity contribution < 1.29 is 66.3 Å². The summed E-state index contributed by atoms with van der Waals surface area (Å²) in [7, 11) is 0. The molecule has 0 aliphatic carbocycles. The fourth-order valence-corrected chi connectivity index (χ4v) is 5.47. The molecule has 0 fully saturated rings. The van der Waals surface area contributed by atoms with Gasteiger partial charge in [-0.3, -0.25) is 24.0 Å². The van der Waals surface area contributed by atoms with Crippen LogP contribution in [0.15, 0.2) is 69.9 Å². The summed E-state index contributed by atoms with van der Waals surface area (Å²) in [5, 5.41) is 11.2. The van der Waals surface area contributed by atoms with Gasteiger partial charge in [0.2, 0.25) is 0 Å². The van der Waals surface area contributed by atoms with Gasteiger partial charge in [-0.25, -0.2) is 0 Å². The molecule has 0 saturated heterocycles. The average molecular weight is 747 g/mol. The van der Waals surface area contributed by atoms with E-state index in [4.69, 9.17) is 37.3 Å². The van der Waals surface area contributed by atoms with E-state index in [1.807, 2.05) is 12.1 Å². The minimum absolute atomic E-state index is 0.0433. The van der Waals surface area contributed by atoms with Crippen molar-refractivity contribution in [3.8, 4) is 23.0 Å². The number of rotatable bonds is 11. The maximum atomic E-state index is 11.5. The fraction of sp³-hybridized carbons (Fsp3) is 0.325. The summed E-state index contributed by atoms with van der Waals surface area (Å²) in [5.41, 5.74) is 4.07. The van der Waals surface area contributed by atoms with E-state index < -0.39 is 11.9 Å². The van der Waals surface area contributed by atoms with Gasteiger partial charge < -0.3 is 42.4 Å². The van der Waals surface area contributed by atoms with Gasteiger partial charge in [0.05, 0.1) is 58.2 Å². The van der Waals surface area contributed by atoms with Crippen LogP contribution in [0.5, 0.6) is 23.0 Å². The Hall–Kier alpha value is -6.31. The number of ether oxygens (including phenoxy) is 6. The first kappa shape index (κ1) is 40.5. The number of fused-ring (bicyclic) bond motifs is 3. The van der Waals surface area contributed by atoms with Gasteiger partial charge in [-0.2, -0.15) is 0 Å². The maximum Gasteiger partial charge on any atom is 0.310 e. The zero-order valence-electron chi connectivity index (χ0n) is 30.7. The SMILES string of the molecule is CCOC(=O)Cc1cc(O)c2occc2c1.CCOC(=O)Cc1cc(OC(C)=O)c2occc2c1.CCOC(=O)Cc1cc2c(c(OC(C)=O)c1)OCC2. The first-order valence-corrected chi connectivity index (χ1v) is 17.2. The molecule has 0 atom stereocenters. The Morgan fingerprint density at radius 2 is 1.09 bits per heavy atom. The lowest BCUT2D eigenvalue weighted by molar-refractivity contribution is -0.143. The second-order valence-electron chi connectivity index (χ2n) is 11.7. The second kappa shape index (κ2) is 19.5. The van der Waals surface area contributed by atoms with Crippen LogP contribution in [0.1, 0.15) is 56.9 Å². The van der Waals surface area contributed by atoms with E-state index in [1.54, 1.807) is 51.1 Å². The molecule has 14 nitrogen and oxygen atoms in total. The number of benzene rings is 3. The monoisotopic (exact) mass is 746 g/mol. The number of esters is 5. The molecule has 0 radical (unpaired) electrons. The number of phenols is 1.